The maximum atomic E-state index is 12.4. The molecule has 2 aliphatic heterocycles. The summed E-state index contributed by atoms with van der Waals surface area (Å²) in [5.41, 5.74) is 0.483. The zero-order valence-electron chi connectivity index (χ0n) is 10.8. The van der Waals surface area contributed by atoms with Gasteiger partial charge < -0.3 is 5.11 Å². The first kappa shape index (κ1) is 12.8. The van der Waals surface area contributed by atoms with Gasteiger partial charge in [0.05, 0.1) is 16.7 Å². The van der Waals surface area contributed by atoms with E-state index in [0.717, 1.165) is 24.3 Å². The van der Waals surface area contributed by atoms with Crippen LogP contribution in [0, 0.1) is 0 Å². The number of rotatable bonds is 2. The lowest BCUT2D eigenvalue weighted by molar-refractivity contribution is -0.00683. The van der Waals surface area contributed by atoms with Gasteiger partial charge in [-0.1, -0.05) is 6.42 Å². The lowest BCUT2D eigenvalue weighted by atomic mass is 10.1. The highest BCUT2D eigenvalue weighted by molar-refractivity contribution is 6.21. The maximum Gasteiger partial charge on any atom is 0.335 e. The van der Waals surface area contributed by atoms with E-state index in [1.807, 2.05) is 0 Å². The number of hydrogen-bond donors (Lipinski definition) is 1. The van der Waals surface area contributed by atoms with Crippen molar-refractivity contribution < 1.29 is 19.5 Å². The molecule has 6 nitrogen and oxygen atoms in total. The van der Waals surface area contributed by atoms with Crippen LogP contribution in [-0.4, -0.2) is 46.0 Å². The molecule has 0 spiro atoms. The number of hydrogen-bond acceptors (Lipinski definition) is 4. The summed E-state index contributed by atoms with van der Waals surface area (Å²) in [4.78, 5) is 35.6. The molecular formula is C14H14N2O4. The Balaban J connectivity index is 1.96. The summed E-state index contributed by atoms with van der Waals surface area (Å²) in [6, 6.07) is 4.05. The van der Waals surface area contributed by atoms with Crippen LogP contribution in [0.4, 0.5) is 0 Å². The standard InChI is InChI=1S/C14H14N2O4/c17-12-10-5-4-9(14(19)20)8-11(10)13(18)16(12)15-6-2-1-3-7-15/h4-5,8H,1-3,6-7H2,(H,19,20). The molecule has 1 N–H and O–H groups in total. The Hall–Kier alpha value is -2.21. The van der Waals surface area contributed by atoms with E-state index in [9.17, 15) is 14.4 Å². The number of carboxylic acid groups (broad SMARTS) is 1. The van der Waals surface area contributed by atoms with E-state index in [0.29, 0.717) is 13.1 Å². The fraction of sp³-hybridized carbons (Fsp3) is 0.357. The first-order chi connectivity index (χ1) is 9.59. The molecule has 0 atom stereocenters. The third-order valence-corrected chi connectivity index (χ3v) is 3.73. The van der Waals surface area contributed by atoms with E-state index in [-0.39, 0.29) is 22.6 Å². The van der Waals surface area contributed by atoms with E-state index < -0.39 is 11.9 Å². The molecule has 1 saturated heterocycles. The fourth-order valence-corrected chi connectivity index (χ4v) is 2.70. The summed E-state index contributed by atoms with van der Waals surface area (Å²) in [7, 11) is 0. The normalized spacial score (nSPS) is 19.3. The van der Waals surface area contributed by atoms with E-state index in [4.69, 9.17) is 5.11 Å². The van der Waals surface area contributed by atoms with Crippen LogP contribution in [0.3, 0.4) is 0 Å². The van der Waals surface area contributed by atoms with Crippen molar-refractivity contribution in [1.82, 2.24) is 10.0 Å². The SMILES string of the molecule is O=C(O)c1ccc2c(c1)C(=O)N(N1CCCCC1)C2=O. The Bertz CT molecular complexity index is 605. The average Bonchev–Trinajstić information content (AvgIpc) is 2.71. The van der Waals surface area contributed by atoms with Crippen molar-refractivity contribution in [2.75, 3.05) is 13.1 Å². The number of hydrazine groups is 1. The van der Waals surface area contributed by atoms with Gasteiger partial charge in [0.1, 0.15) is 0 Å². The molecule has 2 aliphatic rings. The van der Waals surface area contributed by atoms with Crippen molar-refractivity contribution in [2.45, 2.75) is 19.3 Å². The summed E-state index contributed by atoms with van der Waals surface area (Å²) in [6.45, 7) is 1.36. The van der Waals surface area contributed by atoms with Gasteiger partial charge in [-0.05, 0) is 31.0 Å². The summed E-state index contributed by atoms with van der Waals surface area (Å²) in [5, 5.41) is 11.9. The van der Waals surface area contributed by atoms with Crippen LogP contribution in [0.5, 0.6) is 0 Å². The monoisotopic (exact) mass is 274 g/mol. The molecular weight excluding hydrogens is 260 g/mol. The molecule has 0 bridgehead atoms. The molecule has 2 amide bonds. The van der Waals surface area contributed by atoms with Gasteiger partial charge in [-0.3, -0.25) is 9.59 Å². The fourth-order valence-electron chi connectivity index (χ4n) is 2.70. The molecule has 6 heteroatoms. The number of carbonyl (C=O) groups is 3. The molecule has 0 radical (unpaired) electrons. The minimum absolute atomic E-state index is 0.0189. The predicted molar refractivity (Wildman–Crippen MR) is 69.3 cm³/mol. The van der Waals surface area contributed by atoms with Crippen LogP contribution in [0.15, 0.2) is 18.2 Å². The molecule has 1 aromatic carbocycles. The molecule has 3 rings (SSSR count). The van der Waals surface area contributed by atoms with Gasteiger partial charge in [-0.2, -0.15) is 0 Å². The predicted octanol–water partition coefficient (Wildman–Crippen LogP) is 1.38. The number of piperidine rings is 1. The van der Waals surface area contributed by atoms with Gasteiger partial charge in [-0.25, -0.2) is 14.8 Å². The zero-order chi connectivity index (χ0) is 14.3. The largest absolute Gasteiger partial charge is 0.478 e. The summed E-state index contributed by atoms with van der Waals surface area (Å²) in [6.07, 6.45) is 3.00. The second-order valence-corrected chi connectivity index (χ2v) is 5.00. The number of aromatic carboxylic acids is 1. The van der Waals surface area contributed by atoms with Crippen molar-refractivity contribution >= 4 is 17.8 Å². The average molecular weight is 274 g/mol. The van der Waals surface area contributed by atoms with Crippen molar-refractivity contribution in [1.29, 1.82) is 0 Å². The third kappa shape index (κ3) is 1.89. The lowest BCUT2D eigenvalue weighted by Gasteiger charge is -2.32. The molecule has 20 heavy (non-hydrogen) atoms. The van der Waals surface area contributed by atoms with E-state index in [2.05, 4.69) is 0 Å². The Morgan fingerprint density at radius 1 is 1.00 bits per heavy atom. The van der Waals surface area contributed by atoms with E-state index >= 15 is 0 Å². The molecule has 1 aromatic rings. The summed E-state index contributed by atoms with van der Waals surface area (Å²) >= 11 is 0. The number of nitrogens with zero attached hydrogens (tertiary/aromatic N) is 2. The van der Waals surface area contributed by atoms with Gasteiger partial charge >= 0.3 is 5.97 Å². The highest BCUT2D eigenvalue weighted by Crippen LogP contribution is 2.27. The molecule has 104 valence electrons. The molecule has 0 unspecified atom stereocenters. The van der Waals surface area contributed by atoms with Crippen LogP contribution in [0.25, 0.3) is 0 Å². The molecule has 0 aromatic heterocycles. The van der Waals surface area contributed by atoms with Crippen LogP contribution in [0.2, 0.25) is 0 Å². The smallest absolute Gasteiger partial charge is 0.335 e. The number of fused-ring (bicyclic) bond motifs is 1. The summed E-state index contributed by atoms with van der Waals surface area (Å²) in [5.74, 6) is -1.89. The molecule has 1 fully saturated rings. The lowest BCUT2D eigenvalue weighted by Crippen LogP contribution is -2.48. The van der Waals surface area contributed by atoms with Gasteiger partial charge in [-0.15, -0.1) is 0 Å². The first-order valence-electron chi connectivity index (χ1n) is 6.60. The van der Waals surface area contributed by atoms with Crippen molar-refractivity contribution in [3.05, 3.63) is 34.9 Å². The highest BCUT2D eigenvalue weighted by atomic mass is 16.4. The first-order valence-corrected chi connectivity index (χ1v) is 6.60. The second kappa shape index (κ2) is 4.72. The van der Waals surface area contributed by atoms with Crippen molar-refractivity contribution in [2.24, 2.45) is 0 Å². The highest BCUT2D eigenvalue weighted by Gasteiger charge is 2.40. The van der Waals surface area contributed by atoms with E-state index in [1.165, 1.54) is 18.2 Å². The Morgan fingerprint density at radius 3 is 2.30 bits per heavy atom. The molecule has 0 aliphatic carbocycles. The topological polar surface area (TPSA) is 77.9 Å². The minimum atomic E-state index is -1.11. The quantitative estimate of drug-likeness (QED) is 0.824. The van der Waals surface area contributed by atoms with Gasteiger partial charge in [0, 0.05) is 13.1 Å². The molecule has 2 heterocycles. The Labute approximate surface area is 115 Å². The van der Waals surface area contributed by atoms with Crippen LogP contribution in [0.1, 0.15) is 50.3 Å². The number of amides is 2. The van der Waals surface area contributed by atoms with Crippen LogP contribution < -0.4 is 0 Å². The number of imide groups is 1. The van der Waals surface area contributed by atoms with Crippen LogP contribution >= 0.6 is 0 Å². The minimum Gasteiger partial charge on any atom is -0.478 e. The number of carbonyl (C=O) groups excluding carboxylic acids is 2. The molecule has 0 saturated carbocycles. The third-order valence-electron chi connectivity index (χ3n) is 3.73. The number of carboxylic acids is 1. The Morgan fingerprint density at radius 2 is 1.65 bits per heavy atom. The zero-order valence-corrected chi connectivity index (χ0v) is 10.8. The van der Waals surface area contributed by atoms with Gasteiger partial charge in [0.15, 0.2) is 0 Å². The maximum absolute atomic E-state index is 12.4. The van der Waals surface area contributed by atoms with E-state index in [1.54, 1.807) is 5.01 Å². The van der Waals surface area contributed by atoms with Gasteiger partial charge in [0.25, 0.3) is 11.8 Å². The number of benzene rings is 1. The Kier molecular flexibility index (Phi) is 3.02. The van der Waals surface area contributed by atoms with Crippen molar-refractivity contribution in [3.8, 4) is 0 Å². The summed E-state index contributed by atoms with van der Waals surface area (Å²) < 4.78 is 0. The second-order valence-electron chi connectivity index (χ2n) is 5.00. The van der Waals surface area contributed by atoms with Gasteiger partial charge in [0.2, 0.25) is 0 Å². The van der Waals surface area contributed by atoms with Crippen LogP contribution in [-0.2, 0) is 0 Å². The van der Waals surface area contributed by atoms with Crippen molar-refractivity contribution in [3.63, 3.8) is 0 Å².